The van der Waals surface area contributed by atoms with Gasteiger partial charge in [0.2, 0.25) is 29.5 Å². The van der Waals surface area contributed by atoms with E-state index in [-0.39, 0.29) is 25.4 Å². The molecule has 0 saturated carbocycles. The maximum absolute atomic E-state index is 13.7. The highest BCUT2D eigenvalue weighted by atomic mass is 16.5. The second-order valence-electron chi connectivity index (χ2n) is 14.4. The lowest BCUT2D eigenvalue weighted by atomic mass is 9.96. The van der Waals surface area contributed by atoms with E-state index in [9.17, 15) is 53.7 Å². The Hall–Kier alpha value is -6.82. The quantitative estimate of drug-likeness (QED) is 0.0684. The molecular formula is C42H50N6O12. The fourth-order valence-corrected chi connectivity index (χ4v) is 6.74. The van der Waals surface area contributed by atoms with Gasteiger partial charge < -0.3 is 52.4 Å². The molecule has 6 atom stereocenters. The maximum atomic E-state index is 13.7. The highest BCUT2D eigenvalue weighted by molar-refractivity contribution is 5.97. The highest BCUT2D eigenvalue weighted by Crippen LogP contribution is 2.44. The first kappa shape index (κ1) is 45.9. The number of alkyl carbamates (subject to hydrolysis) is 1. The normalized spacial score (nSPS) is 14.7. The van der Waals surface area contributed by atoms with Gasteiger partial charge in [-0.15, -0.1) is 0 Å². The van der Waals surface area contributed by atoms with Crippen LogP contribution in [-0.2, 0) is 44.7 Å². The van der Waals surface area contributed by atoms with Crippen molar-refractivity contribution in [2.24, 2.45) is 11.7 Å². The first-order valence-corrected chi connectivity index (χ1v) is 19.3. The van der Waals surface area contributed by atoms with E-state index in [0.29, 0.717) is 5.56 Å². The zero-order valence-electron chi connectivity index (χ0n) is 33.1. The standard InChI is InChI=1S/C42H50N6O12/c1-3-23(2)36(40(56)44-30(17-18-35(51)52)37(53)46-32(41(57)58)19-24-11-5-4-6-12-24)48-38(54)31(20-34(43)50)45-39(55)33(21-49)47-42(59)60-22-29-27-15-9-7-13-25(27)26-14-8-10-16-28(26)29/h4-16,23,29-33,36,49H,3,17-22H2,1-2H3,(H2,43,50)(H,44,56)(H,45,55)(H,46,53)(H,47,59)(H,48,54)(H,51,52)(H,57,58)/t23-,30-,31-,32-,33-,36-/m0/s1. The largest absolute Gasteiger partial charge is 0.481 e. The van der Waals surface area contributed by atoms with Crippen molar-refractivity contribution in [3.05, 3.63) is 95.6 Å². The van der Waals surface area contributed by atoms with Crippen molar-refractivity contribution in [1.82, 2.24) is 26.6 Å². The number of benzene rings is 3. The minimum Gasteiger partial charge on any atom is -0.481 e. The second-order valence-corrected chi connectivity index (χ2v) is 14.4. The van der Waals surface area contributed by atoms with Crippen molar-refractivity contribution >= 4 is 47.6 Å². The van der Waals surface area contributed by atoms with Gasteiger partial charge in [-0.25, -0.2) is 9.59 Å². The Morgan fingerprint density at radius 3 is 1.77 bits per heavy atom. The van der Waals surface area contributed by atoms with E-state index in [1.807, 2.05) is 48.5 Å². The van der Waals surface area contributed by atoms with E-state index in [0.717, 1.165) is 22.3 Å². The van der Waals surface area contributed by atoms with Crippen molar-refractivity contribution in [2.75, 3.05) is 13.2 Å². The molecule has 0 spiro atoms. The number of nitrogens with two attached hydrogens (primary N) is 1. The summed E-state index contributed by atoms with van der Waals surface area (Å²) in [6.45, 7) is 2.24. The average molecular weight is 831 g/mol. The lowest BCUT2D eigenvalue weighted by Gasteiger charge is -2.29. The molecule has 0 aromatic heterocycles. The summed E-state index contributed by atoms with van der Waals surface area (Å²) in [5, 5.41) is 40.9. The number of carbonyl (C=O) groups is 8. The number of nitrogens with one attached hydrogen (secondary N) is 5. The third kappa shape index (κ3) is 12.6. The van der Waals surface area contributed by atoms with Gasteiger partial charge in [0.25, 0.3) is 0 Å². The van der Waals surface area contributed by atoms with Crippen molar-refractivity contribution in [3.8, 4) is 11.1 Å². The van der Waals surface area contributed by atoms with Gasteiger partial charge in [0.1, 0.15) is 36.8 Å². The molecule has 320 valence electrons. The van der Waals surface area contributed by atoms with Crippen molar-refractivity contribution in [2.45, 2.75) is 82.1 Å². The number of hydrogen-bond acceptors (Lipinski definition) is 10. The van der Waals surface area contributed by atoms with Crippen molar-refractivity contribution < 1.29 is 58.4 Å². The van der Waals surface area contributed by atoms with Crippen LogP contribution in [0.3, 0.4) is 0 Å². The fourth-order valence-electron chi connectivity index (χ4n) is 6.74. The fraction of sp³-hybridized carbons (Fsp3) is 0.381. The highest BCUT2D eigenvalue weighted by Gasteiger charge is 2.36. The smallest absolute Gasteiger partial charge is 0.407 e. The van der Waals surface area contributed by atoms with Gasteiger partial charge in [-0.05, 0) is 40.2 Å². The summed E-state index contributed by atoms with van der Waals surface area (Å²) in [6, 6.07) is 15.9. The SMILES string of the molecule is CC[C@H](C)[C@H](NC(=O)[C@H](CC(N)=O)NC(=O)[C@H](CO)NC(=O)OCC1c2ccccc2-c2ccccc21)C(=O)N[C@@H](CCC(=O)O)C(=O)N[C@@H](Cc1ccccc1)C(=O)O. The molecule has 1 aliphatic carbocycles. The molecule has 10 N–H and O–H groups in total. The van der Waals surface area contributed by atoms with Gasteiger partial charge in [0, 0.05) is 18.8 Å². The molecule has 18 nitrogen and oxygen atoms in total. The number of ether oxygens (including phenoxy) is 1. The summed E-state index contributed by atoms with van der Waals surface area (Å²) in [5.41, 5.74) is 9.85. The number of fused-ring (bicyclic) bond motifs is 3. The molecule has 0 bridgehead atoms. The van der Waals surface area contributed by atoms with E-state index in [1.54, 1.807) is 44.2 Å². The minimum atomic E-state index is -1.71. The number of carboxylic acid groups (broad SMARTS) is 2. The third-order valence-corrected chi connectivity index (χ3v) is 10.1. The molecule has 0 aliphatic heterocycles. The number of rotatable bonds is 22. The summed E-state index contributed by atoms with van der Waals surface area (Å²) in [7, 11) is 0. The molecule has 6 amide bonds. The van der Waals surface area contributed by atoms with Crippen LogP contribution in [0.15, 0.2) is 78.9 Å². The first-order valence-electron chi connectivity index (χ1n) is 19.3. The summed E-state index contributed by atoms with van der Waals surface area (Å²) in [6.07, 6.45) is -2.67. The van der Waals surface area contributed by atoms with Gasteiger partial charge in [-0.1, -0.05) is 99.1 Å². The van der Waals surface area contributed by atoms with Crippen LogP contribution in [0.4, 0.5) is 4.79 Å². The summed E-state index contributed by atoms with van der Waals surface area (Å²) in [4.78, 5) is 103. The number of primary amides is 1. The van der Waals surface area contributed by atoms with Crippen LogP contribution < -0.4 is 32.3 Å². The third-order valence-electron chi connectivity index (χ3n) is 10.1. The topological polar surface area (TPSA) is 293 Å². The van der Waals surface area contributed by atoms with Crippen LogP contribution in [-0.4, -0.2) is 106 Å². The predicted molar refractivity (Wildman–Crippen MR) is 215 cm³/mol. The van der Waals surface area contributed by atoms with Crippen LogP contribution in [0.2, 0.25) is 0 Å². The Labute approximate surface area is 345 Å². The predicted octanol–water partition coefficient (Wildman–Crippen LogP) is 0.939. The number of aliphatic hydroxyl groups is 1. The Kier molecular flexibility index (Phi) is 16.7. The molecule has 0 unspecified atom stereocenters. The van der Waals surface area contributed by atoms with Gasteiger partial charge in [0.15, 0.2) is 0 Å². The molecule has 1 aliphatic rings. The number of amides is 6. The monoisotopic (exact) mass is 830 g/mol. The van der Waals surface area contributed by atoms with Gasteiger partial charge in [-0.2, -0.15) is 0 Å². The summed E-state index contributed by atoms with van der Waals surface area (Å²) in [5.74, 6) is -8.75. The number of carboxylic acids is 2. The van der Waals surface area contributed by atoms with Crippen LogP contribution in [0, 0.1) is 5.92 Å². The zero-order chi connectivity index (χ0) is 43.9. The minimum absolute atomic E-state index is 0.0992. The van der Waals surface area contributed by atoms with E-state index in [2.05, 4.69) is 26.6 Å². The lowest BCUT2D eigenvalue weighted by molar-refractivity contribution is -0.143. The number of aliphatic hydroxyl groups excluding tert-OH is 1. The molecule has 4 rings (SSSR count). The summed E-state index contributed by atoms with van der Waals surface area (Å²) < 4.78 is 5.47. The molecule has 18 heteroatoms. The van der Waals surface area contributed by atoms with Gasteiger partial charge in [0.05, 0.1) is 13.0 Å². The number of carbonyl (C=O) groups excluding carboxylic acids is 6. The van der Waals surface area contributed by atoms with Crippen molar-refractivity contribution in [3.63, 3.8) is 0 Å². The van der Waals surface area contributed by atoms with Crippen LogP contribution in [0.25, 0.3) is 11.1 Å². The molecular weight excluding hydrogens is 780 g/mol. The molecule has 0 radical (unpaired) electrons. The second kappa shape index (κ2) is 21.8. The molecule has 0 fully saturated rings. The molecule has 3 aromatic rings. The maximum Gasteiger partial charge on any atom is 0.407 e. The Balaban J connectivity index is 1.42. The van der Waals surface area contributed by atoms with E-state index in [1.165, 1.54) is 0 Å². The molecule has 60 heavy (non-hydrogen) atoms. The van der Waals surface area contributed by atoms with E-state index >= 15 is 0 Å². The van der Waals surface area contributed by atoms with Crippen LogP contribution in [0.1, 0.15) is 62.1 Å². The van der Waals surface area contributed by atoms with Crippen molar-refractivity contribution in [1.29, 1.82) is 0 Å². The van der Waals surface area contributed by atoms with Gasteiger partial charge >= 0.3 is 18.0 Å². The molecule has 0 saturated heterocycles. The van der Waals surface area contributed by atoms with Crippen LogP contribution >= 0.6 is 0 Å². The van der Waals surface area contributed by atoms with E-state index in [4.69, 9.17) is 10.5 Å². The average Bonchev–Trinajstić information content (AvgIpc) is 3.54. The Morgan fingerprint density at radius 1 is 0.683 bits per heavy atom. The van der Waals surface area contributed by atoms with Crippen LogP contribution in [0.5, 0.6) is 0 Å². The zero-order valence-corrected chi connectivity index (χ0v) is 33.1. The Morgan fingerprint density at radius 2 is 1.22 bits per heavy atom. The number of hydrogen-bond donors (Lipinski definition) is 9. The number of aliphatic carboxylic acids is 2. The first-order chi connectivity index (χ1) is 28.6. The Bertz CT molecular complexity index is 2000. The summed E-state index contributed by atoms with van der Waals surface area (Å²) >= 11 is 0. The van der Waals surface area contributed by atoms with Gasteiger partial charge in [-0.3, -0.25) is 28.8 Å². The van der Waals surface area contributed by atoms with E-state index < -0.39 is 110 Å². The molecule has 3 aromatic carbocycles. The lowest BCUT2D eigenvalue weighted by Crippen LogP contribution is -2.61. The molecule has 0 heterocycles.